The third kappa shape index (κ3) is 9.51. The fourth-order valence-corrected chi connectivity index (χ4v) is 3.84. The Kier molecular flexibility index (Phi) is 9.41. The van der Waals surface area contributed by atoms with Crippen LogP contribution in [-0.2, 0) is 29.1 Å². The fourth-order valence-electron chi connectivity index (χ4n) is 3.84. The Bertz CT molecular complexity index is 1360. The molecule has 0 fully saturated rings. The molecule has 1 aliphatic rings. The van der Waals surface area contributed by atoms with E-state index in [1.54, 1.807) is 18.3 Å². The lowest BCUT2D eigenvalue weighted by molar-refractivity contribution is -0.274. The highest BCUT2D eigenvalue weighted by Gasteiger charge is 2.31. The number of ether oxygens (including phenoxy) is 1. The van der Waals surface area contributed by atoms with Crippen LogP contribution in [0.3, 0.4) is 0 Å². The number of alkyl halides is 4. The summed E-state index contributed by atoms with van der Waals surface area (Å²) >= 11 is 0. The quantitative estimate of drug-likeness (QED) is 0.315. The Morgan fingerprint density at radius 1 is 1.20 bits per heavy atom. The first-order chi connectivity index (χ1) is 19.5. The van der Waals surface area contributed by atoms with E-state index >= 15 is 0 Å². The van der Waals surface area contributed by atoms with E-state index in [2.05, 4.69) is 41.0 Å². The van der Waals surface area contributed by atoms with Crippen LogP contribution in [0, 0.1) is 6.92 Å². The Morgan fingerprint density at radius 2 is 2.02 bits per heavy atom. The maximum absolute atomic E-state index is 14.6. The van der Waals surface area contributed by atoms with Crippen LogP contribution in [0.2, 0.25) is 0 Å². The number of carbonyl (C=O) groups excluding carboxylic acids is 2. The summed E-state index contributed by atoms with van der Waals surface area (Å²) in [5.74, 6) is -0.962. The highest BCUT2D eigenvalue weighted by atomic mass is 19.4. The van der Waals surface area contributed by atoms with Crippen LogP contribution >= 0.6 is 0 Å². The van der Waals surface area contributed by atoms with Gasteiger partial charge in [0, 0.05) is 25.0 Å². The van der Waals surface area contributed by atoms with Gasteiger partial charge < -0.3 is 15.4 Å². The molecule has 0 radical (unpaired) electrons. The standard InChI is InChI=1S/C25H27F4N9O3/c1-16-5-6-18(11-30-16)10-23(39)32-22-15-38(36-34-22)13-19(26)7-8-37-14-21(33-35-37)24(40)31-12-17-3-2-4-20(9-17)41-25(27,28)29/h2-6,9,11,15,19,21H,7-8,10,12-14H2,1H3,(H,31,40)(H,32,39). The van der Waals surface area contributed by atoms with Crippen LogP contribution in [0.15, 0.2) is 59.1 Å². The Hall–Kier alpha value is -4.63. The lowest BCUT2D eigenvalue weighted by Crippen LogP contribution is -2.37. The Morgan fingerprint density at radius 3 is 2.78 bits per heavy atom. The van der Waals surface area contributed by atoms with E-state index in [9.17, 15) is 27.2 Å². The van der Waals surface area contributed by atoms with Crippen molar-refractivity contribution in [3.63, 3.8) is 0 Å². The Labute approximate surface area is 231 Å². The van der Waals surface area contributed by atoms with E-state index in [1.165, 1.54) is 28.0 Å². The number of anilines is 1. The molecule has 4 rings (SSSR count). The molecule has 2 atom stereocenters. The predicted molar refractivity (Wildman–Crippen MR) is 136 cm³/mol. The molecule has 41 heavy (non-hydrogen) atoms. The zero-order chi connectivity index (χ0) is 29.4. The zero-order valence-corrected chi connectivity index (χ0v) is 21.9. The van der Waals surface area contributed by atoms with Crippen molar-refractivity contribution in [1.82, 2.24) is 30.3 Å². The first-order valence-electron chi connectivity index (χ1n) is 12.6. The number of amides is 2. The molecular weight excluding hydrogens is 550 g/mol. The minimum atomic E-state index is -4.82. The van der Waals surface area contributed by atoms with Crippen LogP contribution < -0.4 is 15.4 Å². The van der Waals surface area contributed by atoms with E-state index < -0.39 is 24.5 Å². The number of pyridine rings is 1. The lowest BCUT2D eigenvalue weighted by atomic mass is 10.2. The molecule has 2 N–H and O–H groups in total. The minimum Gasteiger partial charge on any atom is -0.406 e. The van der Waals surface area contributed by atoms with Crippen LogP contribution in [0.5, 0.6) is 5.75 Å². The SMILES string of the molecule is Cc1ccc(CC(=O)Nc2cn(CC(F)CCN3CC(C(=O)NCc4cccc(OC(F)(F)F)c4)N=N3)nn2)cn1. The van der Waals surface area contributed by atoms with Gasteiger partial charge in [-0.25, -0.2) is 9.07 Å². The molecule has 3 aromatic rings. The second-order valence-electron chi connectivity index (χ2n) is 9.29. The summed E-state index contributed by atoms with van der Waals surface area (Å²) in [4.78, 5) is 28.8. The third-order valence-corrected chi connectivity index (χ3v) is 5.83. The highest BCUT2D eigenvalue weighted by molar-refractivity contribution is 5.91. The molecule has 16 heteroatoms. The number of nitrogens with zero attached hydrogens (tertiary/aromatic N) is 7. The van der Waals surface area contributed by atoms with Gasteiger partial charge in [-0.1, -0.05) is 28.6 Å². The second-order valence-corrected chi connectivity index (χ2v) is 9.29. The average molecular weight is 578 g/mol. The first-order valence-corrected chi connectivity index (χ1v) is 12.6. The van der Waals surface area contributed by atoms with Gasteiger partial charge in [-0.3, -0.25) is 19.6 Å². The smallest absolute Gasteiger partial charge is 0.406 e. The van der Waals surface area contributed by atoms with Crippen LogP contribution in [0.1, 0.15) is 23.2 Å². The summed E-state index contributed by atoms with van der Waals surface area (Å²) in [7, 11) is 0. The molecule has 2 unspecified atom stereocenters. The van der Waals surface area contributed by atoms with Crippen molar-refractivity contribution in [1.29, 1.82) is 0 Å². The molecule has 0 spiro atoms. The normalized spacial score (nSPS) is 15.5. The first kappa shape index (κ1) is 29.4. The van der Waals surface area contributed by atoms with Crippen molar-refractivity contribution in [2.24, 2.45) is 10.3 Å². The molecule has 0 bridgehead atoms. The van der Waals surface area contributed by atoms with Gasteiger partial charge in [0.1, 0.15) is 11.9 Å². The van der Waals surface area contributed by atoms with Gasteiger partial charge in [0.2, 0.25) is 11.8 Å². The van der Waals surface area contributed by atoms with Gasteiger partial charge in [0.05, 0.1) is 25.7 Å². The van der Waals surface area contributed by atoms with Crippen molar-refractivity contribution in [2.45, 2.75) is 51.4 Å². The topological polar surface area (TPSA) is 139 Å². The number of halogens is 4. The number of carbonyl (C=O) groups is 2. The molecule has 0 saturated heterocycles. The van der Waals surface area contributed by atoms with Gasteiger partial charge in [-0.15, -0.1) is 18.3 Å². The Balaban J connectivity index is 1.15. The minimum absolute atomic E-state index is 0.0318. The van der Waals surface area contributed by atoms with Crippen LogP contribution in [0.4, 0.5) is 23.4 Å². The number of aromatic nitrogens is 4. The largest absolute Gasteiger partial charge is 0.573 e. The maximum Gasteiger partial charge on any atom is 0.573 e. The molecule has 218 valence electrons. The summed E-state index contributed by atoms with van der Waals surface area (Å²) in [5.41, 5.74) is 2.00. The molecule has 0 aliphatic carbocycles. The van der Waals surface area contributed by atoms with Crippen molar-refractivity contribution in [3.8, 4) is 5.75 Å². The van der Waals surface area contributed by atoms with Gasteiger partial charge in [-0.2, -0.15) is 5.11 Å². The molecule has 2 aromatic heterocycles. The molecule has 3 heterocycles. The number of aryl methyl sites for hydroxylation is 1. The van der Waals surface area contributed by atoms with Crippen LogP contribution in [0.25, 0.3) is 0 Å². The molecule has 0 saturated carbocycles. The number of nitrogens with one attached hydrogen (secondary N) is 2. The summed E-state index contributed by atoms with van der Waals surface area (Å²) in [5, 5.41) is 22.2. The van der Waals surface area contributed by atoms with E-state index in [1.807, 2.05) is 13.0 Å². The van der Waals surface area contributed by atoms with Gasteiger partial charge >= 0.3 is 6.36 Å². The summed E-state index contributed by atoms with van der Waals surface area (Å²) in [6.45, 7) is 2.04. The summed E-state index contributed by atoms with van der Waals surface area (Å²) < 4.78 is 56.9. The lowest BCUT2D eigenvalue weighted by Gasteiger charge is -2.15. The van der Waals surface area contributed by atoms with Crippen molar-refractivity contribution in [3.05, 3.63) is 65.6 Å². The molecule has 1 aromatic carbocycles. The van der Waals surface area contributed by atoms with E-state index in [0.29, 0.717) is 5.56 Å². The van der Waals surface area contributed by atoms with Gasteiger partial charge in [-0.05, 0) is 42.7 Å². The molecular formula is C25H27F4N9O3. The average Bonchev–Trinajstić information content (AvgIpc) is 3.56. The van der Waals surface area contributed by atoms with E-state index in [4.69, 9.17) is 0 Å². The van der Waals surface area contributed by atoms with E-state index in [0.717, 1.165) is 17.3 Å². The summed E-state index contributed by atoms with van der Waals surface area (Å²) in [6.07, 6.45) is -2.90. The maximum atomic E-state index is 14.6. The van der Waals surface area contributed by atoms with Crippen molar-refractivity contribution in [2.75, 3.05) is 18.4 Å². The van der Waals surface area contributed by atoms with Crippen LogP contribution in [-0.4, -0.2) is 68.5 Å². The number of hydrogen-bond donors (Lipinski definition) is 2. The molecule has 12 nitrogen and oxygen atoms in total. The summed E-state index contributed by atoms with van der Waals surface area (Å²) in [6, 6.07) is 8.04. The monoisotopic (exact) mass is 577 g/mol. The second kappa shape index (κ2) is 13.1. The molecule has 2 amide bonds. The predicted octanol–water partition coefficient (Wildman–Crippen LogP) is 3.16. The number of rotatable bonds is 12. The molecule has 1 aliphatic heterocycles. The van der Waals surface area contributed by atoms with E-state index in [-0.39, 0.29) is 56.5 Å². The zero-order valence-electron chi connectivity index (χ0n) is 21.9. The third-order valence-electron chi connectivity index (χ3n) is 5.83. The van der Waals surface area contributed by atoms with Crippen molar-refractivity contribution >= 4 is 17.6 Å². The number of hydrogen-bond acceptors (Lipinski definition) is 9. The van der Waals surface area contributed by atoms with Crippen molar-refractivity contribution < 1.29 is 31.9 Å². The highest BCUT2D eigenvalue weighted by Crippen LogP contribution is 2.23. The van der Waals surface area contributed by atoms with Gasteiger partial charge in [0.15, 0.2) is 11.9 Å². The fraction of sp³-hybridized carbons (Fsp3) is 0.400. The van der Waals surface area contributed by atoms with Gasteiger partial charge in [0.25, 0.3) is 0 Å². The number of benzene rings is 1.